The fourth-order valence-corrected chi connectivity index (χ4v) is 2.91. The van der Waals surface area contributed by atoms with Crippen LogP contribution in [0.5, 0.6) is 0 Å². The number of hydrogen-bond acceptors (Lipinski definition) is 5. The molecule has 0 saturated heterocycles. The molecule has 0 aliphatic heterocycles. The van der Waals surface area contributed by atoms with Crippen LogP contribution in [0.4, 0.5) is 0 Å². The zero-order chi connectivity index (χ0) is 15.4. The molecule has 0 amide bonds. The largest absolute Gasteiger partial charge is 0.468 e. The average molecular weight is 306 g/mol. The number of carbonyl (C=O) groups excluding carboxylic acids is 1. The van der Waals surface area contributed by atoms with E-state index >= 15 is 0 Å². The molecule has 0 spiro atoms. The van der Waals surface area contributed by atoms with Crippen molar-refractivity contribution in [2.75, 3.05) is 12.9 Å². The maximum absolute atomic E-state index is 12.7. The van der Waals surface area contributed by atoms with Gasteiger partial charge in [-0.15, -0.1) is 0 Å². The molecular formula is C15H18N2O3S. The summed E-state index contributed by atoms with van der Waals surface area (Å²) in [5.41, 5.74) is 0.580. The van der Waals surface area contributed by atoms with Crippen LogP contribution in [0.1, 0.15) is 26.3 Å². The van der Waals surface area contributed by atoms with Crippen molar-refractivity contribution in [3.8, 4) is 0 Å². The van der Waals surface area contributed by atoms with Gasteiger partial charge in [-0.1, -0.05) is 30.8 Å². The van der Waals surface area contributed by atoms with Gasteiger partial charge in [0.25, 0.3) is 5.56 Å². The highest BCUT2D eigenvalue weighted by molar-refractivity contribution is 7.99. The minimum Gasteiger partial charge on any atom is -0.468 e. The molecule has 112 valence electrons. The van der Waals surface area contributed by atoms with Crippen molar-refractivity contribution >= 4 is 28.6 Å². The van der Waals surface area contributed by atoms with Crippen LogP contribution in [0.2, 0.25) is 0 Å². The quantitative estimate of drug-likeness (QED) is 0.483. The minimum absolute atomic E-state index is 0.0229. The minimum atomic E-state index is -0.335. The van der Waals surface area contributed by atoms with E-state index in [-0.39, 0.29) is 23.3 Å². The monoisotopic (exact) mass is 306 g/mol. The summed E-state index contributed by atoms with van der Waals surface area (Å²) >= 11 is 1.23. The molecule has 1 heterocycles. The van der Waals surface area contributed by atoms with Gasteiger partial charge in [0.2, 0.25) is 0 Å². The number of fused-ring (bicyclic) bond motifs is 1. The highest BCUT2D eigenvalue weighted by Crippen LogP contribution is 2.22. The van der Waals surface area contributed by atoms with Gasteiger partial charge in [0.05, 0.1) is 23.8 Å². The summed E-state index contributed by atoms with van der Waals surface area (Å²) in [6.45, 7) is 3.99. The Balaban J connectivity index is 2.55. The second kappa shape index (κ2) is 6.76. The van der Waals surface area contributed by atoms with Crippen LogP contribution in [-0.2, 0) is 9.53 Å². The SMILES string of the molecule is CC[C@@H](C)n1c(SCC(=O)OC)nc2ccccc2c1=O. The van der Waals surface area contributed by atoms with E-state index in [1.54, 1.807) is 16.7 Å². The summed E-state index contributed by atoms with van der Waals surface area (Å²) < 4.78 is 6.30. The molecule has 1 atom stereocenters. The number of aromatic nitrogens is 2. The van der Waals surface area contributed by atoms with E-state index in [0.717, 1.165) is 6.42 Å². The third kappa shape index (κ3) is 3.26. The Morgan fingerprint density at radius 3 is 2.81 bits per heavy atom. The molecule has 0 radical (unpaired) electrons. The number of hydrogen-bond donors (Lipinski definition) is 0. The smallest absolute Gasteiger partial charge is 0.316 e. The predicted octanol–water partition coefficient (Wildman–Crippen LogP) is 2.63. The number of esters is 1. The summed E-state index contributed by atoms with van der Waals surface area (Å²) in [5.74, 6) is -0.198. The highest BCUT2D eigenvalue weighted by atomic mass is 32.2. The lowest BCUT2D eigenvalue weighted by molar-refractivity contribution is -0.137. The molecule has 0 fully saturated rings. The van der Waals surface area contributed by atoms with Crippen molar-refractivity contribution in [3.63, 3.8) is 0 Å². The molecule has 1 aromatic carbocycles. The Morgan fingerprint density at radius 1 is 1.43 bits per heavy atom. The van der Waals surface area contributed by atoms with E-state index in [0.29, 0.717) is 16.1 Å². The van der Waals surface area contributed by atoms with Gasteiger partial charge in [-0.25, -0.2) is 4.98 Å². The molecule has 2 rings (SSSR count). The molecule has 0 aliphatic rings. The lowest BCUT2D eigenvalue weighted by Gasteiger charge is -2.17. The van der Waals surface area contributed by atoms with Crippen molar-refractivity contribution < 1.29 is 9.53 Å². The van der Waals surface area contributed by atoms with Crippen LogP contribution in [0, 0.1) is 0 Å². The van der Waals surface area contributed by atoms with Crippen LogP contribution in [0.25, 0.3) is 10.9 Å². The fourth-order valence-electron chi connectivity index (χ4n) is 1.98. The van der Waals surface area contributed by atoms with Crippen LogP contribution in [-0.4, -0.2) is 28.4 Å². The van der Waals surface area contributed by atoms with E-state index in [2.05, 4.69) is 9.72 Å². The van der Waals surface area contributed by atoms with E-state index in [9.17, 15) is 9.59 Å². The van der Waals surface area contributed by atoms with Crippen LogP contribution in [0.3, 0.4) is 0 Å². The van der Waals surface area contributed by atoms with Gasteiger partial charge in [-0.05, 0) is 25.5 Å². The van der Waals surface area contributed by atoms with E-state index in [4.69, 9.17) is 0 Å². The predicted molar refractivity (Wildman–Crippen MR) is 83.7 cm³/mol. The maximum atomic E-state index is 12.7. The first-order valence-electron chi connectivity index (χ1n) is 6.79. The summed E-state index contributed by atoms with van der Waals surface area (Å²) in [6.07, 6.45) is 0.811. The van der Waals surface area contributed by atoms with Crippen LogP contribution in [0.15, 0.2) is 34.2 Å². The molecule has 0 unspecified atom stereocenters. The summed E-state index contributed by atoms with van der Waals surface area (Å²) in [7, 11) is 1.35. The van der Waals surface area contributed by atoms with Crippen LogP contribution >= 0.6 is 11.8 Å². The van der Waals surface area contributed by atoms with Crippen LogP contribution < -0.4 is 5.56 Å². The summed E-state index contributed by atoms with van der Waals surface area (Å²) in [5, 5.41) is 1.15. The van der Waals surface area contributed by atoms with Gasteiger partial charge in [-0.3, -0.25) is 14.2 Å². The van der Waals surface area contributed by atoms with Gasteiger partial charge in [0.15, 0.2) is 5.16 Å². The molecule has 5 nitrogen and oxygen atoms in total. The molecule has 1 aromatic heterocycles. The first-order valence-corrected chi connectivity index (χ1v) is 7.78. The summed E-state index contributed by atoms with van der Waals surface area (Å²) in [4.78, 5) is 28.5. The number of carbonyl (C=O) groups is 1. The van der Waals surface area contributed by atoms with Crippen molar-refractivity contribution in [1.82, 2.24) is 9.55 Å². The van der Waals surface area contributed by atoms with Crippen molar-refractivity contribution in [2.24, 2.45) is 0 Å². The average Bonchev–Trinajstić information content (AvgIpc) is 2.52. The molecule has 0 saturated carbocycles. The summed E-state index contributed by atoms with van der Waals surface area (Å²) in [6, 6.07) is 7.28. The highest BCUT2D eigenvalue weighted by Gasteiger charge is 2.16. The first kappa shape index (κ1) is 15.6. The van der Waals surface area contributed by atoms with E-state index in [1.165, 1.54) is 18.9 Å². The topological polar surface area (TPSA) is 61.2 Å². The van der Waals surface area contributed by atoms with Gasteiger partial charge < -0.3 is 4.74 Å². The normalized spacial score (nSPS) is 12.3. The standard InChI is InChI=1S/C15H18N2O3S/c1-4-10(2)17-14(19)11-7-5-6-8-12(11)16-15(17)21-9-13(18)20-3/h5-8,10H,4,9H2,1-3H3/t10-/m1/s1. The van der Waals surface area contributed by atoms with Gasteiger partial charge in [0.1, 0.15) is 0 Å². The molecule has 0 N–H and O–H groups in total. The number of para-hydroxylation sites is 1. The fraction of sp³-hybridized carbons (Fsp3) is 0.400. The maximum Gasteiger partial charge on any atom is 0.316 e. The first-order chi connectivity index (χ1) is 10.1. The molecule has 0 aliphatic carbocycles. The van der Waals surface area contributed by atoms with E-state index in [1.807, 2.05) is 26.0 Å². The number of ether oxygens (including phenoxy) is 1. The second-order valence-electron chi connectivity index (χ2n) is 4.71. The molecule has 2 aromatic rings. The Kier molecular flexibility index (Phi) is 5.01. The number of methoxy groups -OCH3 is 1. The number of nitrogens with zero attached hydrogens (tertiary/aromatic N) is 2. The van der Waals surface area contributed by atoms with Crippen molar-refractivity contribution in [3.05, 3.63) is 34.6 Å². The second-order valence-corrected chi connectivity index (χ2v) is 5.65. The van der Waals surface area contributed by atoms with Crippen molar-refractivity contribution in [2.45, 2.75) is 31.5 Å². The Bertz CT molecular complexity index is 712. The van der Waals surface area contributed by atoms with Gasteiger partial charge in [-0.2, -0.15) is 0 Å². The van der Waals surface area contributed by atoms with Crippen molar-refractivity contribution in [1.29, 1.82) is 0 Å². The third-order valence-corrected chi connectivity index (χ3v) is 4.28. The third-order valence-electron chi connectivity index (χ3n) is 3.35. The van der Waals surface area contributed by atoms with Gasteiger partial charge >= 0.3 is 5.97 Å². The zero-order valence-electron chi connectivity index (χ0n) is 12.3. The lowest BCUT2D eigenvalue weighted by atomic mass is 10.2. The Hall–Kier alpha value is -1.82. The Morgan fingerprint density at radius 2 is 2.14 bits per heavy atom. The van der Waals surface area contributed by atoms with Gasteiger partial charge in [0, 0.05) is 6.04 Å². The Labute approximate surface area is 127 Å². The molecule has 6 heteroatoms. The molecule has 0 bridgehead atoms. The number of rotatable bonds is 5. The van der Waals surface area contributed by atoms with E-state index < -0.39 is 0 Å². The molecular weight excluding hydrogens is 288 g/mol. The molecule has 21 heavy (non-hydrogen) atoms. The zero-order valence-corrected chi connectivity index (χ0v) is 13.1. The lowest BCUT2D eigenvalue weighted by Crippen LogP contribution is -2.26. The number of thioether (sulfide) groups is 1. The number of benzene rings is 1.